The highest BCUT2D eigenvalue weighted by Crippen LogP contribution is 2.32. The minimum atomic E-state index is -2.38. The Morgan fingerprint density at radius 3 is 2.50 bits per heavy atom. The molecule has 5 heteroatoms. The molecule has 0 N–H and O–H groups in total. The number of hydrogen-bond donors (Lipinski definition) is 1. The predicted octanol–water partition coefficient (Wildman–Crippen LogP) is 1.99. The molecule has 1 aliphatic heterocycles. The van der Waals surface area contributed by atoms with Crippen LogP contribution < -0.4 is 0 Å². The molecule has 0 saturated carbocycles. The molecule has 0 atom stereocenters. The van der Waals surface area contributed by atoms with Gasteiger partial charge in [-0.25, -0.2) is 8.78 Å². The molecule has 1 saturated heterocycles. The average Bonchev–Trinajstić information content (AvgIpc) is 2.19. The van der Waals surface area contributed by atoms with Crippen molar-refractivity contribution < 1.29 is 18.3 Å². The van der Waals surface area contributed by atoms with Crippen LogP contribution >= 0.6 is 12.6 Å². The van der Waals surface area contributed by atoms with E-state index in [1.54, 1.807) is 0 Å². The number of halogens is 2. The van der Waals surface area contributed by atoms with Crippen molar-refractivity contribution in [1.29, 1.82) is 0 Å². The number of rotatable bonds is 5. The Kier molecular flexibility index (Phi) is 5.12. The lowest BCUT2D eigenvalue weighted by molar-refractivity contribution is -0.0531. The lowest BCUT2D eigenvalue weighted by atomic mass is 9.83. The van der Waals surface area contributed by atoms with Crippen molar-refractivity contribution in [3.8, 4) is 0 Å². The summed E-state index contributed by atoms with van der Waals surface area (Å²) in [6.45, 7) is 1.25. The van der Waals surface area contributed by atoms with E-state index in [9.17, 15) is 8.78 Å². The van der Waals surface area contributed by atoms with Gasteiger partial charge in [-0.15, -0.1) is 0 Å². The van der Waals surface area contributed by atoms with Crippen molar-refractivity contribution in [3.63, 3.8) is 0 Å². The number of ether oxygens (including phenoxy) is 2. The van der Waals surface area contributed by atoms with Gasteiger partial charge in [0.2, 0.25) is 0 Å². The Morgan fingerprint density at radius 1 is 1.36 bits per heavy atom. The summed E-state index contributed by atoms with van der Waals surface area (Å²) in [6, 6.07) is 0. The van der Waals surface area contributed by atoms with E-state index in [0.29, 0.717) is 25.6 Å². The zero-order chi connectivity index (χ0) is 10.4. The summed E-state index contributed by atoms with van der Waals surface area (Å²) in [5.74, 6) is 0.666. The molecule has 0 amide bonds. The van der Waals surface area contributed by atoms with Crippen LogP contribution in [0.15, 0.2) is 0 Å². The Balaban J connectivity index is 2.29. The van der Waals surface area contributed by atoms with Crippen LogP contribution in [-0.4, -0.2) is 38.6 Å². The number of thiol groups is 1. The SMILES string of the molecule is FC(F)COCC1(CS)CCOCC1. The maximum atomic E-state index is 11.8. The number of hydrogen-bond acceptors (Lipinski definition) is 3. The first-order valence-electron chi connectivity index (χ1n) is 4.73. The zero-order valence-corrected chi connectivity index (χ0v) is 8.94. The maximum absolute atomic E-state index is 11.8. The fourth-order valence-electron chi connectivity index (χ4n) is 1.52. The topological polar surface area (TPSA) is 18.5 Å². The van der Waals surface area contributed by atoms with Crippen LogP contribution in [0.25, 0.3) is 0 Å². The molecule has 0 aromatic rings. The summed E-state index contributed by atoms with van der Waals surface area (Å²) in [7, 11) is 0. The van der Waals surface area contributed by atoms with E-state index >= 15 is 0 Å². The lowest BCUT2D eigenvalue weighted by Gasteiger charge is -2.35. The van der Waals surface area contributed by atoms with Gasteiger partial charge in [-0.3, -0.25) is 0 Å². The number of alkyl halides is 2. The third-order valence-electron chi connectivity index (χ3n) is 2.54. The molecule has 0 bridgehead atoms. The molecule has 0 radical (unpaired) electrons. The van der Waals surface area contributed by atoms with Gasteiger partial charge in [0.05, 0.1) is 6.61 Å². The van der Waals surface area contributed by atoms with Crippen molar-refractivity contribution >= 4 is 12.6 Å². The highest BCUT2D eigenvalue weighted by atomic mass is 32.1. The average molecular weight is 226 g/mol. The molecule has 0 spiro atoms. The first-order chi connectivity index (χ1) is 6.68. The summed E-state index contributed by atoms with van der Waals surface area (Å²) >= 11 is 4.25. The van der Waals surface area contributed by atoms with Crippen molar-refractivity contribution in [2.45, 2.75) is 19.3 Å². The second-order valence-corrected chi connectivity index (χ2v) is 3.99. The van der Waals surface area contributed by atoms with Crippen LogP contribution in [0.5, 0.6) is 0 Å². The highest BCUT2D eigenvalue weighted by molar-refractivity contribution is 7.80. The van der Waals surface area contributed by atoms with E-state index < -0.39 is 13.0 Å². The molecular weight excluding hydrogens is 210 g/mol. The first-order valence-corrected chi connectivity index (χ1v) is 5.36. The first kappa shape index (κ1) is 12.2. The van der Waals surface area contributed by atoms with Gasteiger partial charge >= 0.3 is 0 Å². The standard InChI is InChI=1S/C9H16F2O2S/c10-8(11)5-13-6-9(7-14)1-3-12-4-2-9/h8,14H,1-7H2. The third-order valence-corrected chi connectivity index (χ3v) is 3.21. The minimum Gasteiger partial charge on any atom is -0.381 e. The van der Waals surface area contributed by atoms with E-state index in [2.05, 4.69) is 12.6 Å². The third kappa shape index (κ3) is 3.71. The monoisotopic (exact) mass is 226 g/mol. The molecule has 1 rings (SSSR count). The van der Waals surface area contributed by atoms with Gasteiger partial charge in [-0.05, 0) is 18.6 Å². The summed E-state index contributed by atoms with van der Waals surface area (Å²) < 4.78 is 33.9. The zero-order valence-electron chi connectivity index (χ0n) is 8.05. The molecular formula is C9H16F2O2S. The summed E-state index contributed by atoms with van der Waals surface area (Å²) in [4.78, 5) is 0. The van der Waals surface area contributed by atoms with Crippen LogP contribution in [0.1, 0.15) is 12.8 Å². The van der Waals surface area contributed by atoms with Crippen LogP contribution in [0.2, 0.25) is 0 Å². The molecule has 84 valence electrons. The van der Waals surface area contributed by atoms with Crippen LogP contribution in [0.4, 0.5) is 8.78 Å². The molecule has 2 nitrogen and oxygen atoms in total. The van der Waals surface area contributed by atoms with Crippen molar-refractivity contribution in [1.82, 2.24) is 0 Å². The maximum Gasteiger partial charge on any atom is 0.261 e. The second-order valence-electron chi connectivity index (χ2n) is 3.68. The van der Waals surface area contributed by atoms with Crippen LogP contribution in [0, 0.1) is 5.41 Å². The summed E-state index contributed by atoms with van der Waals surface area (Å²) in [5.41, 5.74) is -0.0593. The van der Waals surface area contributed by atoms with E-state index in [1.807, 2.05) is 0 Å². The molecule has 0 aromatic carbocycles. The molecule has 0 aromatic heterocycles. The van der Waals surface area contributed by atoms with E-state index in [0.717, 1.165) is 12.8 Å². The Hall–Kier alpha value is 0.130. The van der Waals surface area contributed by atoms with Gasteiger partial charge in [0.1, 0.15) is 6.61 Å². The smallest absolute Gasteiger partial charge is 0.261 e. The molecule has 1 fully saturated rings. The van der Waals surface area contributed by atoms with Crippen LogP contribution in [-0.2, 0) is 9.47 Å². The van der Waals surface area contributed by atoms with Crippen LogP contribution in [0.3, 0.4) is 0 Å². The van der Waals surface area contributed by atoms with Gasteiger partial charge in [0, 0.05) is 18.6 Å². The molecule has 0 unspecified atom stereocenters. The van der Waals surface area contributed by atoms with Gasteiger partial charge in [-0.1, -0.05) is 0 Å². The van der Waals surface area contributed by atoms with Crippen molar-refractivity contribution in [2.24, 2.45) is 5.41 Å². The quantitative estimate of drug-likeness (QED) is 0.723. The highest BCUT2D eigenvalue weighted by Gasteiger charge is 2.31. The molecule has 1 heterocycles. The molecule has 0 aliphatic carbocycles. The summed E-state index contributed by atoms with van der Waals surface area (Å²) in [6.07, 6.45) is -0.689. The summed E-state index contributed by atoms with van der Waals surface area (Å²) in [5, 5.41) is 0. The Bertz CT molecular complexity index is 161. The minimum absolute atomic E-state index is 0.0593. The van der Waals surface area contributed by atoms with E-state index in [4.69, 9.17) is 9.47 Å². The normalized spacial score (nSPS) is 21.4. The lowest BCUT2D eigenvalue weighted by Crippen LogP contribution is -2.36. The molecule has 1 aliphatic rings. The van der Waals surface area contributed by atoms with E-state index in [1.165, 1.54) is 0 Å². The van der Waals surface area contributed by atoms with Crippen molar-refractivity contribution in [2.75, 3.05) is 32.2 Å². The fraction of sp³-hybridized carbons (Fsp3) is 1.00. The Labute approximate surface area is 88.4 Å². The predicted molar refractivity (Wildman–Crippen MR) is 53.2 cm³/mol. The van der Waals surface area contributed by atoms with E-state index in [-0.39, 0.29) is 5.41 Å². The fourth-order valence-corrected chi connectivity index (χ4v) is 1.92. The largest absolute Gasteiger partial charge is 0.381 e. The van der Waals surface area contributed by atoms with Gasteiger partial charge in [0.15, 0.2) is 0 Å². The van der Waals surface area contributed by atoms with Gasteiger partial charge < -0.3 is 9.47 Å². The second kappa shape index (κ2) is 5.88. The van der Waals surface area contributed by atoms with Gasteiger partial charge in [0.25, 0.3) is 6.43 Å². The van der Waals surface area contributed by atoms with Crippen molar-refractivity contribution in [3.05, 3.63) is 0 Å². The Morgan fingerprint density at radius 2 is 2.00 bits per heavy atom. The van der Waals surface area contributed by atoms with Gasteiger partial charge in [-0.2, -0.15) is 12.6 Å². The molecule has 14 heavy (non-hydrogen) atoms.